The summed E-state index contributed by atoms with van der Waals surface area (Å²) in [6.07, 6.45) is -2.19. The van der Waals surface area contributed by atoms with Gasteiger partial charge in [-0.25, -0.2) is 0 Å². The van der Waals surface area contributed by atoms with Crippen LogP contribution in [0.25, 0.3) is 0 Å². The first kappa shape index (κ1) is 13.4. The minimum atomic E-state index is -4.40. The maximum absolute atomic E-state index is 12.4. The fourth-order valence-corrected chi connectivity index (χ4v) is 1.93. The van der Waals surface area contributed by atoms with Crippen LogP contribution < -0.4 is 5.32 Å². The standard InChI is InChI=1S/C11H16F3N3O/c1-7(15-6-8-3-2-4-18-8)9-5-10(17-16-9)11(12,13)14/h5,7-8,15H,2-4,6H2,1H3,(H,16,17). The summed E-state index contributed by atoms with van der Waals surface area (Å²) in [6.45, 7) is 3.20. The van der Waals surface area contributed by atoms with Crippen molar-refractivity contribution in [3.05, 3.63) is 17.5 Å². The number of rotatable bonds is 4. The number of ether oxygens (including phenoxy) is 1. The van der Waals surface area contributed by atoms with Crippen molar-refractivity contribution in [2.45, 2.75) is 38.1 Å². The van der Waals surface area contributed by atoms with Gasteiger partial charge in [-0.2, -0.15) is 18.3 Å². The number of hydrogen-bond donors (Lipinski definition) is 2. The summed E-state index contributed by atoms with van der Waals surface area (Å²) in [7, 11) is 0. The Hall–Kier alpha value is -1.08. The molecule has 18 heavy (non-hydrogen) atoms. The monoisotopic (exact) mass is 263 g/mol. The molecule has 0 saturated carbocycles. The van der Waals surface area contributed by atoms with Crippen LogP contribution in [0.15, 0.2) is 6.07 Å². The average molecular weight is 263 g/mol. The smallest absolute Gasteiger partial charge is 0.377 e. The van der Waals surface area contributed by atoms with Crippen LogP contribution >= 0.6 is 0 Å². The molecule has 2 atom stereocenters. The van der Waals surface area contributed by atoms with E-state index in [-0.39, 0.29) is 12.1 Å². The lowest BCUT2D eigenvalue weighted by molar-refractivity contribution is -0.141. The van der Waals surface area contributed by atoms with Crippen LogP contribution in [0.3, 0.4) is 0 Å². The van der Waals surface area contributed by atoms with Crippen LogP contribution in [-0.4, -0.2) is 29.5 Å². The van der Waals surface area contributed by atoms with E-state index in [4.69, 9.17) is 4.74 Å². The van der Waals surface area contributed by atoms with Gasteiger partial charge < -0.3 is 10.1 Å². The van der Waals surface area contributed by atoms with Crippen LogP contribution in [0.1, 0.15) is 37.2 Å². The van der Waals surface area contributed by atoms with E-state index in [9.17, 15) is 13.2 Å². The van der Waals surface area contributed by atoms with Gasteiger partial charge in [0.25, 0.3) is 0 Å². The second kappa shape index (κ2) is 5.27. The van der Waals surface area contributed by atoms with Crippen LogP contribution in [0.2, 0.25) is 0 Å². The first-order chi connectivity index (χ1) is 8.47. The number of aromatic amines is 1. The maximum atomic E-state index is 12.4. The van der Waals surface area contributed by atoms with Crippen molar-refractivity contribution in [3.63, 3.8) is 0 Å². The zero-order valence-electron chi connectivity index (χ0n) is 10.0. The Bertz CT molecular complexity index is 385. The molecule has 1 aliphatic heterocycles. The van der Waals surface area contributed by atoms with Gasteiger partial charge in [-0.3, -0.25) is 5.10 Å². The first-order valence-corrected chi connectivity index (χ1v) is 5.94. The summed E-state index contributed by atoms with van der Waals surface area (Å²) in [5, 5.41) is 8.82. The maximum Gasteiger partial charge on any atom is 0.435 e. The molecule has 2 unspecified atom stereocenters. The minimum absolute atomic E-state index is 0.164. The number of alkyl halides is 3. The van der Waals surface area contributed by atoms with Crippen LogP contribution in [-0.2, 0) is 10.9 Å². The Labute approximate surface area is 103 Å². The second-order valence-electron chi connectivity index (χ2n) is 4.47. The Morgan fingerprint density at radius 3 is 2.94 bits per heavy atom. The predicted molar refractivity (Wildman–Crippen MR) is 59.0 cm³/mol. The molecule has 0 aliphatic carbocycles. The molecule has 0 bridgehead atoms. The number of hydrogen-bond acceptors (Lipinski definition) is 3. The quantitative estimate of drug-likeness (QED) is 0.876. The zero-order valence-corrected chi connectivity index (χ0v) is 10.0. The van der Waals surface area contributed by atoms with E-state index in [1.165, 1.54) is 0 Å². The average Bonchev–Trinajstić information content (AvgIpc) is 2.96. The van der Waals surface area contributed by atoms with Crippen LogP contribution in [0, 0.1) is 0 Å². The molecule has 4 nitrogen and oxygen atoms in total. The summed E-state index contributed by atoms with van der Waals surface area (Å²) in [5.74, 6) is 0. The van der Waals surface area contributed by atoms with Gasteiger partial charge in [0.1, 0.15) is 0 Å². The molecule has 1 fully saturated rings. The molecule has 102 valence electrons. The SMILES string of the molecule is CC(NCC1CCCO1)c1cc(C(F)(F)F)n[nH]1. The fraction of sp³-hybridized carbons (Fsp3) is 0.727. The van der Waals surface area contributed by atoms with E-state index in [0.29, 0.717) is 12.2 Å². The summed E-state index contributed by atoms with van der Waals surface area (Å²) in [5.41, 5.74) is -0.455. The summed E-state index contributed by atoms with van der Waals surface area (Å²) in [4.78, 5) is 0. The van der Waals surface area contributed by atoms with Gasteiger partial charge >= 0.3 is 6.18 Å². The van der Waals surface area contributed by atoms with E-state index in [1.54, 1.807) is 6.92 Å². The summed E-state index contributed by atoms with van der Waals surface area (Å²) < 4.78 is 42.6. The van der Waals surface area contributed by atoms with Crippen molar-refractivity contribution in [1.82, 2.24) is 15.5 Å². The topological polar surface area (TPSA) is 49.9 Å². The third-order valence-electron chi connectivity index (χ3n) is 3.03. The third kappa shape index (κ3) is 3.23. The highest BCUT2D eigenvalue weighted by molar-refractivity contribution is 5.14. The van der Waals surface area contributed by atoms with E-state index in [0.717, 1.165) is 25.5 Å². The van der Waals surface area contributed by atoms with Gasteiger partial charge in [0, 0.05) is 19.2 Å². The molecule has 2 heterocycles. The number of halogens is 3. The fourth-order valence-electron chi connectivity index (χ4n) is 1.93. The van der Waals surface area contributed by atoms with Gasteiger partial charge in [0.2, 0.25) is 0 Å². The molecule has 0 spiro atoms. The van der Waals surface area contributed by atoms with Gasteiger partial charge in [0.05, 0.1) is 11.8 Å². The first-order valence-electron chi connectivity index (χ1n) is 5.94. The Morgan fingerprint density at radius 1 is 1.61 bits per heavy atom. The normalized spacial score (nSPS) is 22.3. The third-order valence-corrected chi connectivity index (χ3v) is 3.03. The molecular formula is C11H16F3N3O. The molecule has 7 heteroatoms. The predicted octanol–water partition coefficient (Wildman–Crippen LogP) is 2.26. The van der Waals surface area contributed by atoms with Crippen molar-refractivity contribution in [1.29, 1.82) is 0 Å². The lowest BCUT2D eigenvalue weighted by Crippen LogP contribution is -2.28. The number of H-pyrrole nitrogens is 1. The van der Waals surface area contributed by atoms with Gasteiger partial charge in [0.15, 0.2) is 5.69 Å². The van der Waals surface area contributed by atoms with Crippen molar-refractivity contribution in [3.8, 4) is 0 Å². The van der Waals surface area contributed by atoms with Crippen molar-refractivity contribution in [2.75, 3.05) is 13.2 Å². The Morgan fingerprint density at radius 2 is 2.39 bits per heavy atom. The summed E-state index contributed by atoms with van der Waals surface area (Å²) >= 11 is 0. The molecular weight excluding hydrogens is 247 g/mol. The number of aromatic nitrogens is 2. The second-order valence-corrected chi connectivity index (χ2v) is 4.47. The highest BCUT2D eigenvalue weighted by atomic mass is 19.4. The Kier molecular flexibility index (Phi) is 3.91. The van der Waals surface area contributed by atoms with E-state index in [2.05, 4.69) is 15.5 Å². The molecule has 1 aromatic rings. The molecule has 1 aliphatic rings. The van der Waals surface area contributed by atoms with E-state index in [1.807, 2.05) is 0 Å². The highest BCUT2D eigenvalue weighted by Gasteiger charge is 2.34. The highest BCUT2D eigenvalue weighted by Crippen LogP contribution is 2.28. The van der Waals surface area contributed by atoms with Gasteiger partial charge in [-0.15, -0.1) is 0 Å². The van der Waals surface area contributed by atoms with E-state index < -0.39 is 11.9 Å². The molecule has 0 amide bonds. The molecule has 2 N–H and O–H groups in total. The number of nitrogens with one attached hydrogen (secondary N) is 2. The minimum Gasteiger partial charge on any atom is -0.377 e. The lowest BCUT2D eigenvalue weighted by Gasteiger charge is -2.15. The molecule has 1 aromatic heterocycles. The largest absolute Gasteiger partial charge is 0.435 e. The van der Waals surface area contributed by atoms with Crippen molar-refractivity contribution >= 4 is 0 Å². The van der Waals surface area contributed by atoms with Crippen molar-refractivity contribution < 1.29 is 17.9 Å². The van der Waals surface area contributed by atoms with Gasteiger partial charge in [-0.1, -0.05) is 0 Å². The van der Waals surface area contributed by atoms with Crippen LogP contribution in [0.4, 0.5) is 13.2 Å². The zero-order chi connectivity index (χ0) is 13.2. The van der Waals surface area contributed by atoms with Gasteiger partial charge in [-0.05, 0) is 25.8 Å². The van der Waals surface area contributed by atoms with Crippen LogP contribution in [0.5, 0.6) is 0 Å². The lowest BCUT2D eigenvalue weighted by atomic mass is 10.2. The molecule has 2 rings (SSSR count). The number of nitrogens with zero attached hydrogens (tertiary/aromatic N) is 1. The Balaban J connectivity index is 1.88. The molecule has 0 radical (unpaired) electrons. The molecule has 1 saturated heterocycles. The van der Waals surface area contributed by atoms with E-state index >= 15 is 0 Å². The molecule has 0 aromatic carbocycles. The van der Waals surface area contributed by atoms with Crippen molar-refractivity contribution in [2.24, 2.45) is 0 Å². The summed E-state index contributed by atoms with van der Waals surface area (Å²) in [6, 6.07) is 0.825.